The zero-order chi connectivity index (χ0) is 13.0. The van der Waals surface area contributed by atoms with Crippen LogP contribution >= 0.6 is 15.9 Å². The maximum Gasteiger partial charge on any atom is 0.337 e. The Kier molecular flexibility index (Phi) is 4.57. The Morgan fingerprint density at radius 1 is 1.50 bits per heavy atom. The predicted octanol–water partition coefficient (Wildman–Crippen LogP) is 1.97. The summed E-state index contributed by atoms with van der Waals surface area (Å²) in [5, 5.41) is 12.2. The third-order valence-corrected chi connectivity index (χ3v) is 3.11. The van der Waals surface area contributed by atoms with Crippen LogP contribution in [0.4, 0.5) is 5.69 Å². The summed E-state index contributed by atoms with van der Waals surface area (Å²) in [6, 6.07) is 5.10. The Morgan fingerprint density at radius 3 is 3.00 bits per heavy atom. The topological polar surface area (TPSA) is 67.8 Å². The van der Waals surface area contributed by atoms with Gasteiger partial charge in [0.15, 0.2) is 0 Å². The Morgan fingerprint density at radius 2 is 2.33 bits per heavy atom. The smallest absolute Gasteiger partial charge is 0.337 e. The van der Waals surface area contributed by atoms with Gasteiger partial charge in [-0.05, 0) is 18.2 Å². The normalized spacial score (nSPS) is 19.5. The molecule has 1 unspecified atom stereocenters. The molecule has 18 heavy (non-hydrogen) atoms. The van der Waals surface area contributed by atoms with Crippen molar-refractivity contribution in [1.29, 1.82) is 0 Å². The molecule has 1 aromatic carbocycles. The number of carboxylic acid groups (broad SMARTS) is 1. The second-order valence-corrected chi connectivity index (χ2v) is 4.86. The fraction of sp³-hybridized carbons (Fsp3) is 0.417. The van der Waals surface area contributed by atoms with Gasteiger partial charge in [-0.3, -0.25) is 0 Å². The number of halogens is 1. The van der Waals surface area contributed by atoms with Crippen LogP contribution in [0.15, 0.2) is 22.7 Å². The molecular formula is C12H14BrNO4. The summed E-state index contributed by atoms with van der Waals surface area (Å²) in [7, 11) is 0. The first-order valence-corrected chi connectivity index (χ1v) is 6.42. The fourth-order valence-corrected chi connectivity index (χ4v) is 2.09. The van der Waals surface area contributed by atoms with Gasteiger partial charge in [0.05, 0.1) is 31.5 Å². The maximum atomic E-state index is 11.1. The highest BCUT2D eigenvalue weighted by Gasteiger charge is 2.16. The Hall–Kier alpha value is -1.11. The third kappa shape index (κ3) is 3.44. The second kappa shape index (κ2) is 6.17. The minimum Gasteiger partial charge on any atom is -0.478 e. The molecule has 0 amide bonds. The molecule has 1 aliphatic heterocycles. The Labute approximate surface area is 113 Å². The van der Waals surface area contributed by atoms with Crippen LogP contribution in [0.2, 0.25) is 0 Å². The van der Waals surface area contributed by atoms with Crippen LogP contribution < -0.4 is 5.32 Å². The second-order valence-electron chi connectivity index (χ2n) is 3.94. The summed E-state index contributed by atoms with van der Waals surface area (Å²) in [6.07, 6.45) is -0.0379. The molecule has 6 heteroatoms. The van der Waals surface area contributed by atoms with E-state index >= 15 is 0 Å². The summed E-state index contributed by atoms with van der Waals surface area (Å²) < 4.78 is 11.5. The molecule has 2 N–H and O–H groups in total. The van der Waals surface area contributed by atoms with E-state index < -0.39 is 5.97 Å². The molecule has 0 spiro atoms. The SMILES string of the molecule is O=C(O)c1cc(Br)ccc1NCC1COCCO1. The Balaban J connectivity index is 2.01. The van der Waals surface area contributed by atoms with Crippen molar-refractivity contribution in [1.82, 2.24) is 0 Å². The number of ether oxygens (including phenoxy) is 2. The molecule has 1 saturated heterocycles. The highest BCUT2D eigenvalue weighted by molar-refractivity contribution is 9.10. The number of carboxylic acids is 1. The third-order valence-electron chi connectivity index (χ3n) is 2.62. The molecule has 1 atom stereocenters. The van der Waals surface area contributed by atoms with Gasteiger partial charge in [-0.2, -0.15) is 0 Å². The van der Waals surface area contributed by atoms with E-state index in [-0.39, 0.29) is 11.7 Å². The van der Waals surface area contributed by atoms with E-state index in [4.69, 9.17) is 14.6 Å². The maximum absolute atomic E-state index is 11.1. The lowest BCUT2D eigenvalue weighted by Crippen LogP contribution is -2.34. The lowest BCUT2D eigenvalue weighted by molar-refractivity contribution is -0.0818. The number of anilines is 1. The van der Waals surface area contributed by atoms with Crippen molar-refractivity contribution < 1.29 is 19.4 Å². The summed E-state index contributed by atoms with van der Waals surface area (Å²) in [5.41, 5.74) is 0.820. The van der Waals surface area contributed by atoms with Crippen LogP contribution in [0.3, 0.4) is 0 Å². The molecular weight excluding hydrogens is 302 g/mol. The lowest BCUT2D eigenvalue weighted by atomic mass is 10.1. The number of aromatic carboxylic acids is 1. The van der Waals surface area contributed by atoms with Gasteiger partial charge in [0.2, 0.25) is 0 Å². The van der Waals surface area contributed by atoms with E-state index in [0.29, 0.717) is 32.1 Å². The molecule has 0 bridgehead atoms. The molecule has 2 rings (SSSR count). The van der Waals surface area contributed by atoms with Crippen LogP contribution in [-0.2, 0) is 9.47 Å². The van der Waals surface area contributed by atoms with Gasteiger partial charge in [-0.15, -0.1) is 0 Å². The number of nitrogens with one attached hydrogen (secondary N) is 1. The first-order chi connectivity index (χ1) is 8.66. The van der Waals surface area contributed by atoms with E-state index in [9.17, 15) is 4.79 Å². The Bertz CT molecular complexity index is 432. The van der Waals surface area contributed by atoms with Crippen molar-refractivity contribution in [2.24, 2.45) is 0 Å². The number of hydrogen-bond donors (Lipinski definition) is 2. The molecule has 98 valence electrons. The molecule has 0 aromatic heterocycles. The fourth-order valence-electron chi connectivity index (χ4n) is 1.73. The van der Waals surface area contributed by atoms with E-state index in [2.05, 4.69) is 21.2 Å². The highest BCUT2D eigenvalue weighted by atomic mass is 79.9. The summed E-state index contributed by atoms with van der Waals surface area (Å²) >= 11 is 3.26. The van der Waals surface area contributed by atoms with Gasteiger partial charge in [0.25, 0.3) is 0 Å². The van der Waals surface area contributed by atoms with Crippen LogP contribution in [-0.4, -0.2) is 43.5 Å². The standard InChI is InChI=1S/C12H14BrNO4/c13-8-1-2-11(10(5-8)12(15)16)14-6-9-7-17-3-4-18-9/h1-2,5,9,14H,3-4,6-7H2,(H,15,16). The molecule has 0 radical (unpaired) electrons. The van der Waals surface area contributed by atoms with E-state index in [1.165, 1.54) is 0 Å². The van der Waals surface area contributed by atoms with Crippen molar-refractivity contribution in [3.05, 3.63) is 28.2 Å². The number of hydrogen-bond acceptors (Lipinski definition) is 4. The van der Waals surface area contributed by atoms with E-state index in [1.807, 2.05) is 0 Å². The van der Waals surface area contributed by atoms with Gasteiger partial charge in [0, 0.05) is 16.7 Å². The van der Waals surface area contributed by atoms with Crippen molar-refractivity contribution in [3.63, 3.8) is 0 Å². The summed E-state index contributed by atoms with van der Waals surface area (Å²) in [5.74, 6) is -0.959. The summed E-state index contributed by atoms with van der Waals surface area (Å²) in [4.78, 5) is 11.1. The van der Waals surface area contributed by atoms with Gasteiger partial charge in [0.1, 0.15) is 0 Å². The van der Waals surface area contributed by atoms with Crippen molar-refractivity contribution >= 4 is 27.6 Å². The number of rotatable bonds is 4. The van der Waals surface area contributed by atoms with E-state index in [0.717, 1.165) is 4.47 Å². The van der Waals surface area contributed by atoms with Gasteiger partial charge < -0.3 is 19.9 Å². The largest absolute Gasteiger partial charge is 0.478 e. The average molecular weight is 316 g/mol. The molecule has 0 aliphatic carbocycles. The molecule has 5 nitrogen and oxygen atoms in total. The number of carbonyl (C=O) groups is 1. The van der Waals surface area contributed by atoms with Crippen molar-refractivity contribution in [3.8, 4) is 0 Å². The molecule has 1 aliphatic rings. The zero-order valence-electron chi connectivity index (χ0n) is 9.69. The van der Waals surface area contributed by atoms with Crippen molar-refractivity contribution in [2.45, 2.75) is 6.10 Å². The van der Waals surface area contributed by atoms with Crippen LogP contribution in [0.5, 0.6) is 0 Å². The monoisotopic (exact) mass is 315 g/mol. The van der Waals surface area contributed by atoms with Crippen LogP contribution in [0, 0.1) is 0 Å². The zero-order valence-corrected chi connectivity index (χ0v) is 11.3. The quantitative estimate of drug-likeness (QED) is 0.889. The van der Waals surface area contributed by atoms with Gasteiger partial charge in [-0.25, -0.2) is 4.79 Å². The first kappa shape index (κ1) is 13.3. The average Bonchev–Trinajstić information content (AvgIpc) is 2.38. The van der Waals surface area contributed by atoms with E-state index in [1.54, 1.807) is 18.2 Å². The van der Waals surface area contributed by atoms with Crippen LogP contribution in [0.25, 0.3) is 0 Å². The van der Waals surface area contributed by atoms with Crippen LogP contribution in [0.1, 0.15) is 10.4 Å². The summed E-state index contributed by atoms with van der Waals surface area (Å²) in [6.45, 7) is 2.27. The number of benzene rings is 1. The molecule has 0 saturated carbocycles. The minimum absolute atomic E-state index is 0.0379. The predicted molar refractivity (Wildman–Crippen MR) is 70.2 cm³/mol. The molecule has 1 fully saturated rings. The highest BCUT2D eigenvalue weighted by Crippen LogP contribution is 2.21. The minimum atomic E-state index is -0.959. The first-order valence-electron chi connectivity index (χ1n) is 5.63. The lowest BCUT2D eigenvalue weighted by Gasteiger charge is -2.23. The molecule has 1 aromatic rings. The van der Waals surface area contributed by atoms with Gasteiger partial charge in [-0.1, -0.05) is 15.9 Å². The van der Waals surface area contributed by atoms with Crippen molar-refractivity contribution in [2.75, 3.05) is 31.7 Å². The molecule has 1 heterocycles. The van der Waals surface area contributed by atoms with Gasteiger partial charge >= 0.3 is 5.97 Å².